The third-order valence-electron chi connectivity index (χ3n) is 5.62. The van der Waals surface area contributed by atoms with Crippen molar-refractivity contribution >= 4 is 23.6 Å². The van der Waals surface area contributed by atoms with E-state index >= 15 is 0 Å². The number of hydrogen-bond donors (Lipinski definition) is 1. The molecule has 0 radical (unpaired) electrons. The lowest BCUT2D eigenvalue weighted by Gasteiger charge is -2.30. The minimum Gasteiger partial charge on any atom is -0.348 e. The van der Waals surface area contributed by atoms with Gasteiger partial charge in [0.05, 0.1) is 10.9 Å². The van der Waals surface area contributed by atoms with E-state index in [0.717, 1.165) is 17.5 Å². The van der Waals surface area contributed by atoms with Gasteiger partial charge in [0.25, 0.3) is 0 Å². The second-order valence-corrected chi connectivity index (χ2v) is 8.99. The number of carbonyl (C=O) groups excluding carboxylic acids is 2. The highest BCUT2D eigenvalue weighted by atomic mass is 32.2. The molecule has 4 nitrogen and oxygen atoms in total. The van der Waals surface area contributed by atoms with E-state index < -0.39 is 0 Å². The fourth-order valence-electron chi connectivity index (χ4n) is 4.00. The van der Waals surface area contributed by atoms with Crippen molar-refractivity contribution in [3.8, 4) is 11.1 Å². The molecular formula is C22H24N2O2S. The Bertz CT molecular complexity index is 852. The number of amides is 2. The van der Waals surface area contributed by atoms with Crippen molar-refractivity contribution in [2.75, 3.05) is 5.75 Å². The molecule has 0 bridgehead atoms. The average Bonchev–Trinajstić information content (AvgIpc) is 3.18. The predicted molar refractivity (Wildman–Crippen MR) is 109 cm³/mol. The number of fused-ring (bicyclic) bond motifs is 1. The average molecular weight is 381 g/mol. The largest absolute Gasteiger partial charge is 0.348 e. The van der Waals surface area contributed by atoms with Gasteiger partial charge in [-0.05, 0) is 37.0 Å². The van der Waals surface area contributed by atoms with Gasteiger partial charge < -0.3 is 10.2 Å². The number of nitrogens with one attached hydrogen (secondary N) is 1. The first-order valence-corrected chi connectivity index (χ1v) is 10.4. The molecular weight excluding hydrogens is 356 g/mol. The summed E-state index contributed by atoms with van der Waals surface area (Å²) in [5, 5.41) is 3.10. The monoisotopic (exact) mass is 380 g/mol. The Labute approximate surface area is 164 Å². The van der Waals surface area contributed by atoms with Crippen molar-refractivity contribution < 1.29 is 9.59 Å². The molecule has 5 heteroatoms. The lowest BCUT2D eigenvalue weighted by atomic mass is 10.0. The first kappa shape index (κ1) is 18.1. The van der Waals surface area contributed by atoms with E-state index in [0.29, 0.717) is 12.2 Å². The van der Waals surface area contributed by atoms with Crippen LogP contribution in [0.5, 0.6) is 0 Å². The molecule has 0 spiro atoms. The van der Waals surface area contributed by atoms with Gasteiger partial charge in [0.1, 0.15) is 6.04 Å². The maximum Gasteiger partial charge on any atom is 0.244 e. The van der Waals surface area contributed by atoms with Gasteiger partial charge in [-0.1, -0.05) is 54.6 Å². The van der Waals surface area contributed by atoms with Gasteiger partial charge in [-0.2, -0.15) is 0 Å². The lowest BCUT2D eigenvalue weighted by Crippen LogP contribution is -2.50. The Balaban J connectivity index is 1.44. The third-order valence-corrected chi connectivity index (χ3v) is 7.13. The molecule has 140 valence electrons. The molecule has 0 aromatic heterocycles. The fourth-order valence-corrected chi connectivity index (χ4v) is 5.43. The van der Waals surface area contributed by atoms with Crippen LogP contribution in [0.3, 0.4) is 0 Å². The first-order valence-electron chi connectivity index (χ1n) is 9.40. The topological polar surface area (TPSA) is 49.4 Å². The Hall–Kier alpha value is -2.27. The SMILES string of the molecule is CC(NC(=O)C1CSC2(C)CCC(=O)N12)c1ccc(-c2ccccc2)cc1. The molecule has 0 aliphatic carbocycles. The van der Waals surface area contributed by atoms with Crippen LogP contribution in [0.25, 0.3) is 11.1 Å². The maximum atomic E-state index is 12.8. The molecule has 2 aliphatic heterocycles. The summed E-state index contributed by atoms with van der Waals surface area (Å²) in [6.45, 7) is 4.06. The van der Waals surface area contributed by atoms with Gasteiger partial charge in [0.2, 0.25) is 11.8 Å². The summed E-state index contributed by atoms with van der Waals surface area (Å²) in [7, 11) is 0. The van der Waals surface area contributed by atoms with Crippen molar-refractivity contribution in [1.29, 1.82) is 0 Å². The molecule has 2 aliphatic rings. The second-order valence-electron chi connectivity index (χ2n) is 7.48. The highest BCUT2D eigenvalue weighted by Gasteiger charge is 2.52. The van der Waals surface area contributed by atoms with E-state index in [1.54, 1.807) is 16.7 Å². The van der Waals surface area contributed by atoms with Crippen molar-refractivity contribution in [2.45, 2.75) is 43.6 Å². The molecule has 27 heavy (non-hydrogen) atoms. The Kier molecular flexibility index (Phi) is 4.72. The molecule has 2 aromatic carbocycles. The van der Waals surface area contributed by atoms with Crippen LogP contribution in [0, 0.1) is 0 Å². The van der Waals surface area contributed by atoms with Crippen molar-refractivity contribution in [1.82, 2.24) is 10.2 Å². The van der Waals surface area contributed by atoms with Crippen LogP contribution in [0.1, 0.15) is 38.3 Å². The molecule has 3 unspecified atom stereocenters. The molecule has 0 saturated carbocycles. The number of carbonyl (C=O) groups is 2. The number of benzene rings is 2. The molecule has 2 amide bonds. The van der Waals surface area contributed by atoms with E-state index in [2.05, 4.69) is 48.6 Å². The first-order chi connectivity index (χ1) is 13.0. The molecule has 2 aromatic rings. The number of nitrogens with zero attached hydrogens (tertiary/aromatic N) is 1. The predicted octanol–water partition coefficient (Wildman–Crippen LogP) is 3.98. The van der Waals surface area contributed by atoms with Crippen molar-refractivity contribution in [3.05, 3.63) is 60.2 Å². The van der Waals surface area contributed by atoms with Crippen LogP contribution in [-0.4, -0.2) is 33.4 Å². The molecule has 2 heterocycles. The lowest BCUT2D eigenvalue weighted by molar-refractivity contribution is -0.138. The third kappa shape index (κ3) is 3.36. The van der Waals surface area contributed by atoms with E-state index in [-0.39, 0.29) is 28.8 Å². The van der Waals surface area contributed by atoms with Gasteiger partial charge in [0.15, 0.2) is 0 Å². The molecule has 2 fully saturated rings. The van der Waals surface area contributed by atoms with E-state index in [1.807, 2.05) is 25.1 Å². The number of rotatable bonds is 4. The highest BCUT2D eigenvalue weighted by molar-refractivity contribution is 8.01. The van der Waals surface area contributed by atoms with E-state index in [1.165, 1.54) is 5.56 Å². The second kappa shape index (κ2) is 7.04. The summed E-state index contributed by atoms with van der Waals surface area (Å²) in [5.41, 5.74) is 3.39. The summed E-state index contributed by atoms with van der Waals surface area (Å²) >= 11 is 1.72. The van der Waals surface area contributed by atoms with Gasteiger partial charge in [-0.15, -0.1) is 11.8 Å². The fraction of sp³-hybridized carbons (Fsp3) is 0.364. The normalized spacial score (nSPS) is 25.3. The van der Waals surface area contributed by atoms with Crippen molar-refractivity contribution in [3.63, 3.8) is 0 Å². The summed E-state index contributed by atoms with van der Waals surface area (Å²) < 4.78 is 0. The minimum atomic E-state index is -0.360. The molecule has 1 N–H and O–H groups in total. The van der Waals surface area contributed by atoms with E-state index in [4.69, 9.17) is 0 Å². The minimum absolute atomic E-state index is 0.0545. The summed E-state index contributed by atoms with van der Waals surface area (Å²) in [4.78, 5) is 26.7. The Morgan fingerprint density at radius 2 is 1.81 bits per heavy atom. The van der Waals surface area contributed by atoms with Crippen LogP contribution < -0.4 is 5.32 Å². The van der Waals surface area contributed by atoms with Crippen LogP contribution in [0.2, 0.25) is 0 Å². The molecule has 4 rings (SSSR count). The zero-order valence-electron chi connectivity index (χ0n) is 15.6. The van der Waals surface area contributed by atoms with Crippen LogP contribution in [0.15, 0.2) is 54.6 Å². The number of hydrogen-bond acceptors (Lipinski definition) is 3. The Morgan fingerprint density at radius 1 is 1.15 bits per heavy atom. The summed E-state index contributed by atoms with van der Waals surface area (Å²) in [6, 6.07) is 18.1. The maximum absolute atomic E-state index is 12.8. The quantitative estimate of drug-likeness (QED) is 0.873. The van der Waals surface area contributed by atoms with Crippen LogP contribution in [0.4, 0.5) is 0 Å². The molecule has 2 saturated heterocycles. The van der Waals surface area contributed by atoms with Crippen LogP contribution >= 0.6 is 11.8 Å². The van der Waals surface area contributed by atoms with Crippen LogP contribution in [-0.2, 0) is 9.59 Å². The standard InChI is InChI=1S/C22H24N2O2S/c1-15(16-8-10-18(11-9-16)17-6-4-3-5-7-17)23-21(26)19-14-27-22(2)13-12-20(25)24(19)22/h3-11,15,19H,12-14H2,1-2H3,(H,23,26). The Morgan fingerprint density at radius 3 is 2.52 bits per heavy atom. The van der Waals surface area contributed by atoms with E-state index in [9.17, 15) is 9.59 Å². The number of thioether (sulfide) groups is 1. The van der Waals surface area contributed by atoms with Crippen molar-refractivity contribution in [2.24, 2.45) is 0 Å². The van der Waals surface area contributed by atoms with Gasteiger partial charge in [-0.25, -0.2) is 0 Å². The van der Waals surface area contributed by atoms with Gasteiger partial charge >= 0.3 is 0 Å². The highest BCUT2D eigenvalue weighted by Crippen LogP contribution is 2.47. The van der Waals surface area contributed by atoms with Gasteiger partial charge in [-0.3, -0.25) is 9.59 Å². The summed E-state index contributed by atoms with van der Waals surface area (Å²) in [6.07, 6.45) is 1.38. The smallest absolute Gasteiger partial charge is 0.244 e. The molecule has 3 atom stereocenters. The summed E-state index contributed by atoms with van der Waals surface area (Å²) in [5.74, 6) is 0.719. The zero-order chi connectivity index (χ0) is 19.0. The van der Waals surface area contributed by atoms with Gasteiger partial charge in [0, 0.05) is 12.2 Å². The zero-order valence-corrected chi connectivity index (χ0v) is 16.5.